The van der Waals surface area contributed by atoms with E-state index in [0.717, 1.165) is 36.5 Å². The summed E-state index contributed by atoms with van der Waals surface area (Å²) < 4.78 is 40.9. The van der Waals surface area contributed by atoms with E-state index >= 15 is 0 Å². The molecule has 0 bridgehead atoms. The molecular weight excluding hydrogens is 541 g/mol. The number of aromatic nitrogens is 2. The van der Waals surface area contributed by atoms with E-state index < -0.39 is 26.7 Å². The summed E-state index contributed by atoms with van der Waals surface area (Å²) in [6.45, 7) is 5.07. The van der Waals surface area contributed by atoms with Gasteiger partial charge in [-0.2, -0.15) is 4.98 Å². The van der Waals surface area contributed by atoms with Crippen LogP contribution in [0.3, 0.4) is 0 Å². The number of aryl methyl sites for hydroxylation is 1. The predicted octanol–water partition coefficient (Wildman–Crippen LogP) is 5.24. The molecule has 0 fully saturated rings. The Balaban J connectivity index is 1.54. The van der Waals surface area contributed by atoms with Crippen LogP contribution in [0.25, 0.3) is 0 Å². The zero-order valence-electron chi connectivity index (χ0n) is 20.9. The number of anilines is 6. The summed E-state index contributed by atoms with van der Waals surface area (Å²) in [6, 6.07) is 15.6. The van der Waals surface area contributed by atoms with Gasteiger partial charge in [-0.1, -0.05) is 12.6 Å². The van der Waals surface area contributed by atoms with Gasteiger partial charge < -0.3 is 16.0 Å². The van der Waals surface area contributed by atoms with E-state index in [0.29, 0.717) is 28.3 Å². The van der Waals surface area contributed by atoms with E-state index in [1.54, 1.807) is 43.3 Å². The Kier molecular flexibility index (Phi) is 8.00. The summed E-state index contributed by atoms with van der Waals surface area (Å²) >= 11 is 0. The van der Waals surface area contributed by atoms with Gasteiger partial charge in [-0.05, 0) is 79.2 Å². The SMILES string of the molecule is C=CC(=O)Nc1cccc(Nc2nc(Nc3ccc(NS(=O)(=O)c4ccc(F)cc4)c(C)c3)ncc2[N+](=O)[O-])c1. The molecule has 12 nitrogen and oxygen atoms in total. The molecule has 0 saturated carbocycles. The maximum Gasteiger partial charge on any atom is 0.329 e. The average Bonchev–Trinajstić information content (AvgIpc) is 2.90. The first-order valence-electron chi connectivity index (χ1n) is 11.5. The summed E-state index contributed by atoms with van der Waals surface area (Å²) in [5.74, 6) is -1.04. The molecule has 1 heterocycles. The lowest BCUT2D eigenvalue weighted by Gasteiger charge is -2.13. The summed E-state index contributed by atoms with van der Waals surface area (Å²) in [4.78, 5) is 30.7. The normalized spacial score (nSPS) is 10.8. The molecule has 4 aromatic rings. The first-order chi connectivity index (χ1) is 19.0. The van der Waals surface area contributed by atoms with Gasteiger partial charge >= 0.3 is 5.69 Å². The fourth-order valence-electron chi connectivity index (χ4n) is 3.47. The first-order valence-corrected chi connectivity index (χ1v) is 13.0. The van der Waals surface area contributed by atoms with Gasteiger partial charge in [0.15, 0.2) is 0 Å². The highest BCUT2D eigenvalue weighted by Crippen LogP contribution is 2.29. The molecule has 0 aliphatic heterocycles. The highest BCUT2D eigenvalue weighted by molar-refractivity contribution is 7.92. The van der Waals surface area contributed by atoms with Gasteiger partial charge in [0.05, 0.1) is 15.5 Å². The van der Waals surface area contributed by atoms with Crippen LogP contribution in [0.5, 0.6) is 0 Å². The topological polar surface area (TPSA) is 168 Å². The zero-order valence-corrected chi connectivity index (χ0v) is 21.7. The molecule has 14 heteroatoms. The van der Waals surface area contributed by atoms with E-state index in [1.807, 2.05) is 0 Å². The van der Waals surface area contributed by atoms with Crippen molar-refractivity contribution >= 4 is 56.1 Å². The van der Waals surface area contributed by atoms with Gasteiger partial charge in [0.25, 0.3) is 10.0 Å². The lowest BCUT2D eigenvalue weighted by Crippen LogP contribution is -2.14. The van der Waals surface area contributed by atoms with Gasteiger partial charge in [0.2, 0.25) is 17.7 Å². The second-order valence-corrected chi connectivity index (χ2v) is 9.98. The average molecular weight is 564 g/mol. The molecule has 0 aliphatic rings. The lowest BCUT2D eigenvalue weighted by molar-refractivity contribution is -0.384. The molecule has 4 rings (SSSR count). The highest BCUT2D eigenvalue weighted by Gasteiger charge is 2.19. The second kappa shape index (κ2) is 11.6. The number of benzene rings is 3. The van der Waals surface area contributed by atoms with Gasteiger partial charge in [-0.25, -0.2) is 17.8 Å². The molecule has 1 amide bonds. The summed E-state index contributed by atoms with van der Waals surface area (Å²) in [6.07, 6.45) is 2.15. The van der Waals surface area contributed by atoms with Crippen LogP contribution in [-0.4, -0.2) is 29.2 Å². The van der Waals surface area contributed by atoms with E-state index in [9.17, 15) is 27.7 Å². The second-order valence-electron chi connectivity index (χ2n) is 8.30. The van der Waals surface area contributed by atoms with Crippen molar-refractivity contribution in [1.82, 2.24) is 9.97 Å². The third kappa shape index (κ3) is 6.73. The fourth-order valence-corrected chi connectivity index (χ4v) is 4.60. The third-order valence-electron chi connectivity index (χ3n) is 5.40. The summed E-state index contributed by atoms with van der Waals surface area (Å²) in [7, 11) is -3.95. The Bertz CT molecular complexity index is 1710. The van der Waals surface area contributed by atoms with Gasteiger partial charge in [0.1, 0.15) is 12.0 Å². The van der Waals surface area contributed by atoms with Crippen LogP contribution in [0.15, 0.2) is 90.5 Å². The molecule has 0 unspecified atom stereocenters. The maximum atomic E-state index is 13.2. The molecular formula is C26H22FN7O5S. The van der Waals surface area contributed by atoms with Crippen LogP contribution in [0.4, 0.5) is 44.6 Å². The van der Waals surface area contributed by atoms with Crippen molar-refractivity contribution in [3.8, 4) is 0 Å². The summed E-state index contributed by atoms with van der Waals surface area (Å²) in [5, 5.41) is 20.0. The molecule has 4 N–H and O–H groups in total. The third-order valence-corrected chi connectivity index (χ3v) is 6.78. The smallest absolute Gasteiger partial charge is 0.329 e. The molecule has 3 aromatic carbocycles. The number of nitrogens with one attached hydrogen (secondary N) is 4. The van der Waals surface area contributed by atoms with Crippen LogP contribution in [-0.2, 0) is 14.8 Å². The summed E-state index contributed by atoms with van der Waals surface area (Å²) in [5.41, 5.74) is 1.81. The Hall–Kier alpha value is -5.37. The van der Waals surface area contributed by atoms with Gasteiger partial charge in [-0.15, -0.1) is 0 Å². The van der Waals surface area contributed by atoms with E-state index in [-0.39, 0.29) is 22.3 Å². The number of sulfonamides is 1. The molecule has 0 saturated heterocycles. The van der Waals surface area contributed by atoms with Crippen molar-refractivity contribution in [3.05, 3.63) is 107 Å². The Morgan fingerprint density at radius 3 is 2.40 bits per heavy atom. The number of hydrogen-bond donors (Lipinski definition) is 4. The van der Waals surface area contributed by atoms with Crippen LogP contribution in [0, 0.1) is 22.9 Å². The van der Waals surface area contributed by atoms with Crippen LogP contribution < -0.4 is 20.7 Å². The van der Waals surface area contributed by atoms with Crippen molar-refractivity contribution in [2.75, 3.05) is 20.7 Å². The quantitative estimate of drug-likeness (QED) is 0.114. The van der Waals surface area contributed by atoms with Crippen molar-refractivity contribution in [3.63, 3.8) is 0 Å². The highest BCUT2D eigenvalue weighted by atomic mass is 32.2. The van der Waals surface area contributed by atoms with Gasteiger partial charge in [0, 0.05) is 17.1 Å². The Morgan fingerprint density at radius 2 is 1.73 bits per heavy atom. The minimum Gasteiger partial charge on any atom is -0.334 e. The van der Waals surface area contributed by atoms with Crippen molar-refractivity contribution in [1.29, 1.82) is 0 Å². The lowest BCUT2D eigenvalue weighted by atomic mass is 10.2. The fraction of sp³-hybridized carbons (Fsp3) is 0.0385. The standard InChI is InChI=1S/C26H22FN7O5S/c1-3-24(35)29-18-5-4-6-19(14-18)30-25-23(34(36)37)15-28-26(32-25)31-20-9-12-22(16(2)13-20)33-40(38,39)21-10-7-17(27)8-11-21/h3-15,33H,1H2,2H3,(H,29,35)(H2,28,30,31,32). The number of rotatable bonds is 10. The zero-order chi connectivity index (χ0) is 28.9. The van der Waals surface area contributed by atoms with Crippen LogP contribution in [0.1, 0.15) is 5.56 Å². The predicted molar refractivity (Wildman–Crippen MR) is 149 cm³/mol. The number of halogens is 1. The Morgan fingerprint density at radius 1 is 1.02 bits per heavy atom. The van der Waals surface area contributed by atoms with Crippen LogP contribution >= 0.6 is 0 Å². The van der Waals surface area contributed by atoms with Gasteiger partial charge in [-0.3, -0.25) is 19.6 Å². The number of carbonyl (C=O) groups excluding carboxylic acids is 1. The Labute approximate surface area is 228 Å². The number of carbonyl (C=O) groups is 1. The monoisotopic (exact) mass is 563 g/mol. The number of nitro groups is 1. The van der Waals surface area contributed by atoms with E-state index in [1.165, 1.54) is 6.07 Å². The molecule has 40 heavy (non-hydrogen) atoms. The molecule has 0 atom stereocenters. The van der Waals surface area contributed by atoms with E-state index in [2.05, 4.69) is 37.2 Å². The maximum absolute atomic E-state index is 13.2. The minimum absolute atomic E-state index is 0.0308. The molecule has 0 radical (unpaired) electrons. The van der Waals surface area contributed by atoms with Crippen molar-refractivity contribution < 1.29 is 22.5 Å². The van der Waals surface area contributed by atoms with E-state index in [4.69, 9.17) is 0 Å². The number of nitrogens with zero attached hydrogens (tertiary/aromatic N) is 3. The molecule has 1 aromatic heterocycles. The molecule has 204 valence electrons. The number of amides is 1. The minimum atomic E-state index is -3.95. The first kappa shape index (κ1) is 27.7. The van der Waals surface area contributed by atoms with Crippen molar-refractivity contribution in [2.24, 2.45) is 0 Å². The number of hydrogen-bond acceptors (Lipinski definition) is 9. The molecule has 0 aliphatic carbocycles. The molecule has 0 spiro atoms. The van der Waals surface area contributed by atoms with Crippen LogP contribution in [0.2, 0.25) is 0 Å². The van der Waals surface area contributed by atoms with Crippen molar-refractivity contribution in [2.45, 2.75) is 11.8 Å². The largest absolute Gasteiger partial charge is 0.334 e.